The van der Waals surface area contributed by atoms with Gasteiger partial charge in [-0.3, -0.25) is 0 Å². The number of hydrogen-bond donors (Lipinski definition) is 0. The van der Waals surface area contributed by atoms with Crippen molar-refractivity contribution >= 4 is 10.8 Å². The molecule has 4 aromatic rings. The Labute approximate surface area is 161 Å². The summed E-state index contributed by atoms with van der Waals surface area (Å²) in [6.45, 7) is 11.0. The zero-order valence-corrected chi connectivity index (χ0v) is 16.7. The monoisotopic (exact) mass is 354 g/mol. The second-order valence-corrected chi connectivity index (χ2v) is 7.40. The molecule has 0 aliphatic carbocycles. The third kappa shape index (κ3) is 2.82. The van der Waals surface area contributed by atoms with Crippen LogP contribution < -0.4 is 9.13 Å². The van der Waals surface area contributed by atoms with Gasteiger partial charge < -0.3 is 0 Å². The van der Waals surface area contributed by atoms with Gasteiger partial charge in [0.05, 0.1) is 5.56 Å². The van der Waals surface area contributed by atoms with Gasteiger partial charge in [-0.15, -0.1) is 0 Å². The summed E-state index contributed by atoms with van der Waals surface area (Å²) in [7, 11) is 0. The molecule has 0 aliphatic heterocycles. The first-order chi connectivity index (χ1) is 13.0. The molecular weight excluding hydrogens is 328 g/mol. The minimum absolute atomic E-state index is 1.23. The van der Waals surface area contributed by atoms with Gasteiger partial charge in [-0.25, -0.2) is 0 Å². The summed E-state index contributed by atoms with van der Waals surface area (Å²) in [5.41, 5.74) is 8.94. The topological polar surface area (TPSA) is 7.76 Å². The van der Waals surface area contributed by atoms with Crippen molar-refractivity contribution in [2.24, 2.45) is 0 Å². The zero-order chi connectivity index (χ0) is 19.1. The molecule has 0 fully saturated rings. The van der Waals surface area contributed by atoms with Crippen molar-refractivity contribution in [1.82, 2.24) is 0 Å². The average molecular weight is 354 g/mol. The van der Waals surface area contributed by atoms with Crippen LogP contribution in [-0.4, -0.2) is 0 Å². The lowest BCUT2D eigenvalue weighted by molar-refractivity contribution is -0.611. The van der Waals surface area contributed by atoms with Gasteiger partial charge in [0.25, 0.3) is 0 Å². The molecule has 0 unspecified atom stereocenters. The molecule has 134 valence electrons. The summed E-state index contributed by atoms with van der Waals surface area (Å²) in [6.07, 6.45) is 4.36. The number of pyridine rings is 2. The van der Waals surface area contributed by atoms with Crippen LogP contribution in [0.15, 0.2) is 67.0 Å². The Morgan fingerprint density at radius 2 is 1.30 bits per heavy atom. The van der Waals surface area contributed by atoms with E-state index in [1.54, 1.807) is 0 Å². The molecule has 0 amide bonds. The molecule has 2 heterocycles. The molecule has 0 aliphatic rings. The minimum Gasteiger partial charge on any atom is -0.164 e. The van der Waals surface area contributed by atoms with E-state index < -0.39 is 0 Å². The Morgan fingerprint density at radius 1 is 0.630 bits per heavy atom. The van der Waals surface area contributed by atoms with E-state index in [2.05, 4.69) is 111 Å². The van der Waals surface area contributed by atoms with Gasteiger partial charge in [-0.1, -0.05) is 24.3 Å². The van der Waals surface area contributed by atoms with Gasteiger partial charge in [0, 0.05) is 48.6 Å². The molecule has 2 aromatic carbocycles. The maximum Gasteiger partial charge on any atom is 0.223 e. The third-order valence-electron chi connectivity index (χ3n) is 5.55. The van der Waals surface area contributed by atoms with Crippen LogP contribution in [0.1, 0.15) is 28.1 Å². The molecule has 2 nitrogen and oxygen atoms in total. The summed E-state index contributed by atoms with van der Waals surface area (Å²) in [5, 5.41) is 2.58. The largest absolute Gasteiger partial charge is 0.223 e. The highest BCUT2D eigenvalue weighted by molar-refractivity contribution is 5.83. The molecule has 0 bridgehead atoms. The van der Waals surface area contributed by atoms with Crippen molar-refractivity contribution < 1.29 is 9.13 Å². The van der Waals surface area contributed by atoms with Gasteiger partial charge in [0.15, 0.2) is 23.8 Å². The maximum atomic E-state index is 2.34. The standard InChI is InChI=1S/C25H26N2/c1-17-16-18(2)25(20(4)24(17)26-14-9-8-10-19(26)3)27-15-13-22-11-6-7-12-23(22)21(27)5/h6-16H,1-5H3/q+2. The van der Waals surface area contributed by atoms with Crippen LogP contribution >= 0.6 is 0 Å². The number of rotatable bonds is 2. The molecule has 0 N–H and O–H groups in total. The highest BCUT2D eigenvalue weighted by Gasteiger charge is 2.27. The Hall–Kier alpha value is -3.00. The molecule has 2 heteroatoms. The quantitative estimate of drug-likeness (QED) is 0.451. The van der Waals surface area contributed by atoms with Crippen molar-refractivity contribution in [3.05, 3.63) is 95.1 Å². The second-order valence-electron chi connectivity index (χ2n) is 7.40. The molecule has 2 aromatic heterocycles. The Kier molecular flexibility index (Phi) is 4.27. The fourth-order valence-electron chi connectivity index (χ4n) is 4.30. The summed E-state index contributed by atoms with van der Waals surface area (Å²) in [6, 6.07) is 19.5. The first-order valence-corrected chi connectivity index (χ1v) is 9.48. The highest BCUT2D eigenvalue weighted by Crippen LogP contribution is 2.25. The molecule has 0 spiro atoms. The van der Waals surface area contributed by atoms with Crippen LogP contribution in [-0.2, 0) is 0 Å². The van der Waals surface area contributed by atoms with Crippen molar-refractivity contribution in [3.8, 4) is 11.4 Å². The lowest BCUT2D eigenvalue weighted by Crippen LogP contribution is -2.40. The number of benzene rings is 2. The normalized spacial score (nSPS) is 11.1. The molecule has 0 saturated carbocycles. The number of aryl methyl sites for hydroxylation is 4. The van der Waals surface area contributed by atoms with Gasteiger partial charge in [0.1, 0.15) is 0 Å². The van der Waals surface area contributed by atoms with Crippen molar-refractivity contribution in [2.75, 3.05) is 0 Å². The highest BCUT2D eigenvalue weighted by atomic mass is 15.0. The predicted octanol–water partition coefficient (Wildman–Crippen LogP) is 4.94. The number of nitrogens with zero attached hydrogens (tertiary/aromatic N) is 2. The first-order valence-electron chi connectivity index (χ1n) is 9.48. The summed E-state index contributed by atoms with van der Waals surface area (Å²) in [5.74, 6) is 0. The van der Waals surface area contributed by atoms with E-state index in [0.717, 1.165) is 0 Å². The van der Waals surface area contributed by atoms with Gasteiger partial charge in [-0.05, 0) is 38.3 Å². The number of fused-ring (bicyclic) bond motifs is 1. The molecule has 0 saturated heterocycles. The van der Waals surface area contributed by atoms with Crippen LogP contribution in [0.4, 0.5) is 0 Å². The smallest absolute Gasteiger partial charge is 0.164 e. The molecular formula is C25H26N2+2. The second kappa shape index (κ2) is 6.62. The van der Waals surface area contributed by atoms with Crippen LogP contribution in [0.25, 0.3) is 22.1 Å². The van der Waals surface area contributed by atoms with Crippen molar-refractivity contribution in [1.29, 1.82) is 0 Å². The summed E-state index contributed by atoms with van der Waals surface area (Å²) < 4.78 is 4.64. The van der Waals surface area contributed by atoms with Crippen LogP contribution in [0.5, 0.6) is 0 Å². The third-order valence-corrected chi connectivity index (χ3v) is 5.55. The Bertz CT molecular complexity index is 1170. The average Bonchev–Trinajstić information content (AvgIpc) is 2.65. The van der Waals surface area contributed by atoms with Crippen LogP contribution in [0.2, 0.25) is 0 Å². The van der Waals surface area contributed by atoms with E-state index in [0.29, 0.717) is 0 Å². The SMILES string of the molecule is Cc1cc(C)c(-[n+]2ccc3ccccc3c2C)c(C)c1-[n+]1ccccc1C. The fraction of sp³-hybridized carbons (Fsp3) is 0.200. The zero-order valence-electron chi connectivity index (χ0n) is 16.7. The molecule has 0 atom stereocenters. The van der Waals surface area contributed by atoms with Crippen LogP contribution in [0.3, 0.4) is 0 Å². The summed E-state index contributed by atoms with van der Waals surface area (Å²) >= 11 is 0. The Morgan fingerprint density at radius 3 is 2.04 bits per heavy atom. The predicted molar refractivity (Wildman–Crippen MR) is 111 cm³/mol. The van der Waals surface area contributed by atoms with E-state index in [1.807, 2.05) is 0 Å². The van der Waals surface area contributed by atoms with Gasteiger partial charge in [0.2, 0.25) is 11.4 Å². The lowest BCUT2D eigenvalue weighted by Gasteiger charge is -2.12. The maximum absolute atomic E-state index is 2.34. The molecule has 4 rings (SSSR count). The van der Waals surface area contributed by atoms with Crippen molar-refractivity contribution in [3.63, 3.8) is 0 Å². The Balaban J connectivity index is 2.04. The van der Waals surface area contributed by atoms with E-state index in [9.17, 15) is 0 Å². The first kappa shape index (κ1) is 17.4. The van der Waals surface area contributed by atoms with E-state index in [-0.39, 0.29) is 0 Å². The van der Waals surface area contributed by atoms with E-state index in [1.165, 1.54) is 50.2 Å². The van der Waals surface area contributed by atoms with E-state index in [4.69, 9.17) is 0 Å². The van der Waals surface area contributed by atoms with E-state index >= 15 is 0 Å². The van der Waals surface area contributed by atoms with Gasteiger partial charge >= 0.3 is 0 Å². The summed E-state index contributed by atoms with van der Waals surface area (Å²) in [4.78, 5) is 0. The molecule has 0 radical (unpaired) electrons. The minimum atomic E-state index is 1.23. The number of hydrogen-bond acceptors (Lipinski definition) is 0. The van der Waals surface area contributed by atoms with Crippen LogP contribution in [0, 0.1) is 34.6 Å². The number of aromatic nitrogens is 2. The fourth-order valence-corrected chi connectivity index (χ4v) is 4.30. The molecule has 27 heavy (non-hydrogen) atoms. The lowest BCUT2D eigenvalue weighted by atomic mass is 10.00. The van der Waals surface area contributed by atoms with Gasteiger partial charge in [-0.2, -0.15) is 9.13 Å². The van der Waals surface area contributed by atoms with Crippen molar-refractivity contribution in [2.45, 2.75) is 34.6 Å².